The molecule has 0 N–H and O–H groups in total. The number of hydrogen-bond donors (Lipinski definition) is 0. The van der Waals surface area contributed by atoms with Crippen molar-refractivity contribution < 1.29 is 9.53 Å². The Kier molecular flexibility index (Phi) is 4.65. The van der Waals surface area contributed by atoms with Crippen LogP contribution in [0.15, 0.2) is 28.7 Å². The third-order valence-corrected chi connectivity index (χ3v) is 5.03. The maximum Gasteiger partial charge on any atom is 0.226 e. The highest BCUT2D eigenvalue weighted by molar-refractivity contribution is 9.10. The van der Waals surface area contributed by atoms with Crippen LogP contribution in [0.25, 0.3) is 0 Å². The van der Waals surface area contributed by atoms with Gasteiger partial charge in [0.05, 0.1) is 6.10 Å². The highest BCUT2D eigenvalue weighted by Gasteiger charge is 2.46. The summed E-state index contributed by atoms with van der Waals surface area (Å²) < 4.78 is 6.74. The van der Waals surface area contributed by atoms with Crippen molar-refractivity contribution in [3.05, 3.63) is 34.3 Å². The van der Waals surface area contributed by atoms with Crippen LogP contribution in [0, 0.1) is 5.92 Å². The average molecular weight is 352 g/mol. The number of carbonyl (C=O) groups excluding carboxylic acids is 1. The van der Waals surface area contributed by atoms with Crippen LogP contribution < -0.4 is 0 Å². The third kappa shape index (κ3) is 3.49. The number of amides is 1. The second kappa shape index (κ2) is 6.49. The lowest BCUT2D eigenvalue weighted by atomic mass is 10.1. The van der Waals surface area contributed by atoms with Crippen molar-refractivity contribution in [2.75, 3.05) is 19.7 Å². The zero-order chi connectivity index (χ0) is 14.8. The topological polar surface area (TPSA) is 29.5 Å². The minimum absolute atomic E-state index is 0.197. The van der Waals surface area contributed by atoms with E-state index in [0.29, 0.717) is 17.9 Å². The Morgan fingerprint density at radius 1 is 1.38 bits per heavy atom. The molecule has 1 aliphatic heterocycles. The van der Waals surface area contributed by atoms with Crippen LogP contribution in [0.5, 0.6) is 0 Å². The number of carbonyl (C=O) groups is 1. The fourth-order valence-electron chi connectivity index (χ4n) is 3.29. The van der Waals surface area contributed by atoms with Crippen LogP contribution in [0.4, 0.5) is 0 Å². The molecule has 1 amide bonds. The van der Waals surface area contributed by atoms with Gasteiger partial charge in [-0.25, -0.2) is 0 Å². The SMILES string of the molecule is CCOC1CCN(C(=O)C2CC2c2cccc(Br)c2)CC1. The van der Waals surface area contributed by atoms with Crippen molar-refractivity contribution in [3.63, 3.8) is 0 Å². The van der Waals surface area contributed by atoms with E-state index in [2.05, 4.69) is 28.1 Å². The van der Waals surface area contributed by atoms with Gasteiger partial charge in [-0.2, -0.15) is 0 Å². The Morgan fingerprint density at radius 2 is 2.14 bits per heavy atom. The fourth-order valence-corrected chi connectivity index (χ4v) is 3.70. The zero-order valence-electron chi connectivity index (χ0n) is 12.4. The Hall–Kier alpha value is -0.870. The molecule has 3 rings (SSSR count). The number of rotatable bonds is 4. The van der Waals surface area contributed by atoms with Gasteiger partial charge in [-0.1, -0.05) is 28.1 Å². The number of piperidine rings is 1. The maximum atomic E-state index is 12.6. The highest BCUT2D eigenvalue weighted by Crippen LogP contribution is 2.49. The van der Waals surface area contributed by atoms with Gasteiger partial charge < -0.3 is 9.64 Å². The van der Waals surface area contributed by atoms with Crippen molar-refractivity contribution in [1.82, 2.24) is 4.90 Å². The van der Waals surface area contributed by atoms with E-state index in [1.807, 2.05) is 24.0 Å². The van der Waals surface area contributed by atoms with Crippen molar-refractivity contribution in [2.45, 2.75) is 38.2 Å². The molecule has 2 unspecified atom stereocenters. The number of likely N-dealkylation sites (tertiary alicyclic amines) is 1. The van der Waals surface area contributed by atoms with E-state index >= 15 is 0 Å². The van der Waals surface area contributed by atoms with Crippen molar-refractivity contribution in [2.24, 2.45) is 5.92 Å². The van der Waals surface area contributed by atoms with Gasteiger partial charge in [0.15, 0.2) is 0 Å². The molecule has 4 heteroatoms. The van der Waals surface area contributed by atoms with E-state index in [1.165, 1.54) is 5.56 Å². The van der Waals surface area contributed by atoms with Gasteiger partial charge in [-0.3, -0.25) is 4.79 Å². The molecule has 114 valence electrons. The van der Waals surface area contributed by atoms with Crippen molar-refractivity contribution in [3.8, 4) is 0 Å². The number of halogens is 1. The van der Waals surface area contributed by atoms with Gasteiger partial charge in [0.25, 0.3) is 0 Å². The summed E-state index contributed by atoms with van der Waals surface area (Å²) in [5.74, 6) is 0.956. The van der Waals surface area contributed by atoms with Gasteiger partial charge in [-0.05, 0) is 49.8 Å². The number of hydrogen-bond acceptors (Lipinski definition) is 2. The monoisotopic (exact) mass is 351 g/mol. The van der Waals surface area contributed by atoms with E-state index in [0.717, 1.165) is 43.4 Å². The van der Waals surface area contributed by atoms with Crippen LogP contribution in [-0.4, -0.2) is 36.6 Å². The standard InChI is InChI=1S/C17H22BrNO2/c1-2-21-14-6-8-19(9-7-14)17(20)16-11-15(16)12-4-3-5-13(18)10-12/h3-5,10,14-16H,2,6-9,11H2,1H3. The molecular formula is C17H22BrNO2. The summed E-state index contributed by atoms with van der Waals surface area (Å²) in [4.78, 5) is 14.6. The van der Waals surface area contributed by atoms with E-state index in [9.17, 15) is 4.79 Å². The molecule has 1 saturated carbocycles. The molecule has 0 radical (unpaired) electrons. The second-order valence-corrected chi connectivity index (χ2v) is 6.90. The highest BCUT2D eigenvalue weighted by atomic mass is 79.9. The van der Waals surface area contributed by atoms with Crippen molar-refractivity contribution >= 4 is 21.8 Å². The Balaban J connectivity index is 1.54. The smallest absolute Gasteiger partial charge is 0.226 e. The predicted octanol–water partition coefficient (Wildman–Crippen LogP) is 3.58. The zero-order valence-corrected chi connectivity index (χ0v) is 14.0. The van der Waals surface area contributed by atoms with Gasteiger partial charge in [-0.15, -0.1) is 0 Å². The first kappa shape index (κ1) is 15.0. The summed E-state index contributed by atoms with van der Waals surface area (Å²) in [6.07, 6.45) is 3.31. The molecule has 0 aromatic heterocycles. The Labute approximate surface area is 134 Å². The van der Waals surface area contributed by atoms with Gasteiger partial charge in [0.1, 0.15) is 0 Å². The maximum absolute atomic E-state index is 12.6. The van der Waals surface area contributed by atoms with E-state index in [4.69, 9.17) is 4.74 Å². The number of nitrogens with zero attached hydrogens (tertiary/aromatic N) is 1. The molecule has 1 aliphatic carbocycles. The molecule has 2 atom stereocenters. The first-order valence-electron chi connectivity index (χ1n) is 7.85. The number of ether oxygens (including phenoxy) is 1. The minimum Gasteiger partial charge on any atom is -0.378 e. The van der Waals surface area contributed by atoms with Gasteiger partial charge >= 0.3 is 0 Å². The van der Waals surface area contributed by atoms with Crippen LogP contribution in [0.1, 0.15) is 37.7 Å². The van der Waals surface area contributed by atoms with Crippen molar-refractivity contribution in [1.29, 1.82) is 0 Å². The summed E-state index contributed by atoms with van der Waals surface area (Å²) in [7, 11) is 0. The second-order valence-electron chi connectivity index (χ2n) is 5.98. The lowest BCUT2D eigenvalue weighted by Crippen LogP contribution is -2.41. The lowest BCUT2D eigenvalue weighted by Gasteiger charge is -2.32. The first-order chi connectivity index (χ1) is 10.2. The van der Waals surface area contributed by atoms with Crippen LogP contribution in [-0.2, 0) is 9.53 Å². The fraction of sp³-hybridized carbons (Fsp3) is 0.588. The summed E-state index contributed by atoms with van der Waals surface area (Å²) >= 11 is 3.50. The van der Waals surface area contributed by atoms with Crippen LogP contribution in [0.3, 0.4) is 0 Å². The quantitative estimate of drug-likeness (QED) is 0.829. The van der Waals surface area contributed by atoms with E-state index in [-0.39, 0.29) is 5.92 Å². The average Bonchev–Trinajstić information content (AvgIpc) is 3.28. The summed E-state index contributed by atoms with van der Waals surface area (Å²) in [6.45, 7) is 4.51. The molecule has 1 heterocycles. The largest absolute Gasteiger partial charge is 0.378 e. The summed E-state index contributed by atoms with van der Waals surface area (Å²) in [6, 6.07) is 8.34. The lowest BCUT2D eigenvalue weighted by molar-refractivity contribution is -0.135. The molecule has 1 saturated heterocycles. The molecule has 3 nitrogen and oxygen atoms in total. The predicted molar refractivity (Wildman–Crippen MR) is 86.2 cm³/mol. The Morgan fingerprint density at radius 3 is 2.81 bits per heavy atom. The first-order valence-corrected chi connectivity index (χ1v) is 8.64. The molecule has 2 fully saturated rings. The van der Waals surface area contributed by atoms with Gasteiger partial charge in [0, 0.05) is 30.1 Å². The van der Waals surface area contributed by atoms with Crippen LogP contribution >= 0.6 is 15.9 Å². The molecule has 0 bridgehead atoms. The third-order valence-electron chi connectivity index (χ3n) is 4.54. The van der Waals surface area contributed by atoms with E-state index in [1.54, 1.807) is 0 Å². The molecule has 1 aromatic rings. The molecular weight excluding hydrogens is 330 g/mol. The molecule has 0 spiro atoms. The van der Waals surface area contributed by atoms with Crippen LogP contribution in [0.2, 0.25) is 0 Å². The number of benzene rings is 1. The summed E-state index contributed by atoms with van der Waals surface area (Å²) in [5.41, 5.74) is 1.28. The van der Waals surface area contributed by atoms with E-state index < -0.39 is 0 Å². The summed E-state index contributed by atoms with van der Waals surface area (Å²) in [5, 5.41) is 0. The normalized spacial score (nSPS) is 25.9. The molecule has 21 heavy (non-hydrogen) atoms. The minimum atomic E-state index is 0.197. The van der Waals surface area contributed by atoms with Gasteiger partial charge in [0.2, 0.25) is 5.91 Å². The molecule has 1 aromatic carbocycles. The Bertz CT molecular complexity index is 511. The molecule has 2 aliphatic rings.